The van der Waals surface area contributed by atoms with E-state index >= 15 is 0 Å². The molecule has 0 aliphatic carbocycles. The lowest BCUT2D eigenvalue weighted by Gasteiger charge is -2.48. The standard InChI is InChI=1S/C23H25N3O4/c1-14-18-7-6-15(10-19(18)25-22(29)30-14)21(28)26-9-8-23(20(27)13-26)11-16-4-2-3-5-17(16)12-24-23/h2-7,10,14,20,24,27H,8-9,11-13H2,1H3,(H,25,29)/t14?,20-,23+/m1/s1. The summed E-state index contributed by atoms with van der Waals surface area (Å²) in [5.41, 5.74) is 4.06. The number of benzene rings is 2. The van der Waals surface area contributed by atoms with Crippen LogP contribution in [-0.4, -0.2) is 46.7 Å². The van der Waals surface area contributed by atoms with E-state index in [0.29, 0.717) is 24.2 Å². The number of aliphatic hydroxyl groups excluding tert-OH is 1. The Morgan fingerprint density at radius 3 is 2.83 bits per heavy atom. The average molecular weight is 407 g/mol. The summed E-state index contributed by atoms with van der Waals surface area (Å²) in [6.45, 7) is 3.37. The number of hydrogen-bond acceptors (Lipinski definition) is 5. The fraction of sp³-hybridized carbons (Fsp3) is 0.391. The van der Waals surface area contributed by atoms with Gasteiger partial charge < -0.3 is 20.1 Å². The number of β-amino-alcohol motifs (C(OH)–C–C–N with tert-alkyl or cyclic N) is 1. The van der Waals surface area contributed by atoms with Gasteiger partial charge in [0.1, 0.15) is 6.10 Å². The van der Waals surface area contributed by atoms with E-state index in [2.05, 4.69) is 22.8 Å². The SMILES string of the molecule is CC1OC(=O)Nc2cc(C(=O)N3CC[C@]4(Cc5ccccc5CN4)[C@H](O)C3)ccc21. The first-order valence-electron chi connectivity index (χ1n) is 10.4. The lowest BCUT2D eigenvalue weighted by atomic mass is 9.76. The molecular formula is C23H25N3O4. The molecular weight excluding hydrogens is 382 g/mol. The maximum atomic E-state index is 13.1. The van der Waals surface area contributed by atoms with Gasteiger partial charge in [-0.15, -0.1) is 0 Å². The van der Waals surface area contributed by atoms with E-state index in [1.807, 2.05) is 18.2 Å². The van der Waals surface area contributed by atoms with Gasteiger partial charge in [0.05, 0.1) is 17.3 Å². The van der Waals surface area contributed by atoms with E-state index in [9.17, 15) is 14.7 Å². The molecule has 1 spiro atoms. The second kappa shape index (κ2) is 7.11. The number of fused-ring (bicyclic) bond motifs is 2. The number of cyclic esters (lactones) is 1. The summed E-state index contributed by atoms with van der Waals surface area (Å²) in [7, 11) is 0. The van der Waals surface area contributed by atoms with Crippen LogP contribution in [0.5, 0.6) is 0 Å². The maximum Gasteiger partial charge on any atom is 0.412 e. The highest BCUT2D eigenvalue weighted by atomic mass is 16.6. The van der Waals surface area contributed by atoms with Crippen molar-refractivity contribution in [2.45, 2.75) is 44.1 Å². The molecule has 2 amide bonds. The minimum Gasteiger partial charge on any atom is -0.441 e. The molecule has 1 saturated heterocycles. The van der Waals surface area contributed by atoms with Gasteiger partial charge in [0.25, 0.3) is 5.91 Å². The highest BCUT2D eigenvalue weighted by Crippen LogP contribution is 2.34. The smallest absolute Gasteiger partial charge is 0.412 e. The molecule has 0 aromatic heterocycles. The molecule has 156 valence electrons. The molecule has 30 heavy (non-hydrogen) atoms. The van der Waals surface area contributed by atoms with Crippen LogP contribution in [0.4, 0.5) is 10.5 Å². The first kappa shape index (κ1) is 19.1. The molecule has 5 rings (SSSR count). The van der Waals surface area contributed by atoms with E-state index in [4.69, 9.17) is 4.74 Å². The van der Waals surface area contributed by atoms with Crippen LogP contribution in [0.15, 0.2) is 42.5 Å². The number of nitrogens with zero attached hydrogens (tertiary/aromatic N) is 1. The summed E-state index contributed by atoms with van der Waals surface area (Å²) in [5, 5.41) is 17.2. The Balaban J connectivity index is 1.32. The monoisotopic (exact) mass is 407 g/mol. The number of likely N-dealkylation sites (tertiary alicyclic amines) is 1. The molecule has 0 saturated carbocycles. The van der Waals surface area contributed by atoms with Crippen molar-refractivity contribution in [2.75, 3.05) is 18.4 Å². The van der Waals surface area contributed by atoms with Crippen LogP contribution in [0, 0.1) is 0 Å². The number of amides is 2. The molecule has 3 heterocycles. The summed E-state index contributed by atoms with van der Waals surface area (Å²) in [4.78, 5) is 26.5. The highest BCUT2D eigenvalue weighted by Gasteiger charge is 2.45. The van der Waals surface area contributed by atoms with Gasteiger partial charge in [-0.2, -0.15) is 0 Å². The molecule has 3 atom stereocenters. The van der Waals surface area contributed by atoms with Crippen LogP contribution in [0.3, 0.4) is 0 Å². The minimum absolute atomic E-state index is 0.142. The second-order valence-corrected chi connectivity index (χ2v) is 8.45. The molecule has 2 aromatic carbocycles. The predicted molar refractivity (Wildman–Crippen MR) is 111 cm³/mol. The third-order valence-electron chi connectivity index (χ3n) is 6.66. The molecule has 0 bridgehead atoms. The number of nitrogens with one attached hydrogen (secondary N) is 2. The zero-order valence-corrected chi connectivity index (χ0v) is 16.9. The van der Waals surface area contributed by atoms with Crippen molar-refractivity contribution >= 4 is 17.7 Å². The Hall–Kier alpha value is -2.90. The lowest BCUT2D eigenvalue weighted by Crippen LogP contribution is -2.65. The Morgan fingerprint density at radius 2 is 2.03 bits per heavy atom. The normalized spacial score (nSPS) is 27.7. The first-order valence-corrected chi connectivity index (χ1v) is 10.4. The second-order valence-electron chi connectivity index (χ2n) is 8.45. The quantitative estimate of drug-likeness (QED) is 0.676. The van der Waals surface area contributed by atoms with Crippen LogP contribution in [0.25, 0.3) is 0 Å². The van der Waals surface area contributed by atoms with Crippen LogP contribution < -0.4 is 10.6 Å². The number of carbonyl (C=O) groups is 2. The fourth-order valence-electron chi connectivity index (χ4n) is 4.85. The fourth-order valence-corrected chi connectivity index (χ4v) is 4.85. The molecule has 0 radical (unpaired) electrons. The molecule has 7 nitrogen and oxygen atoms in total. The van der Waals surface area contributed by atoms with Crippen molar-refractivity contribution in [3.8, 4) is 0 Å². The Morgan fingerprint density at radius 1 is 1.23 bits per heavy atom. The Kier molecular flexibility index (Phi) is 4.52. The van der Waals surface area contributed by atoms with Crippen LogP contribution in [0.2, 0.25) is 0 Å². The molecule has 3 aliphatic rings. The Labute approximate surface area is 175 Å². The van der Waals surface area contributed by atoms with Gasteiger partial charge in [0, 0.05) is 30.8 Å². The number of anilines is 1. The average Bonchev–Trinajstić information content (AvgIpc) is 2.74. The lowest BCUT2D eigenvalue weighted by molar-refractivity contribution is -0.0138. The molecule has 1 unspecified atom stereocenters. The summed E-state index contributed by atoms with van der Waals surface area (Å²) in [6.07, 6.45) is -0.0849. The van der Waals surface area contributed by atoms with Gasteiger partial charge in [-0.05, 0) is 43.0 Å². The van der Waals surface area contributed by atoms with E-state index in [1.54, 1.807) is 24.0 Å². The van der Waals surface area contributed by atoms with Gasteiger partial charge in [0.15, 0.2) is 0 Å². The molecule has 1 fully saturated rings. The van der Waals surface area contributed by atoms with Crippen molar-refractivity contribution < 1.29 is 19.4 Å². The maximum absolute atomic E-state index is 13.1. The van der Waals surface area contributed by atoms with Crippen molar-refractivity contribution in [3.05, 3.63) is 64.7 Å². The van der Waals surface area contributed by atoms with Crippen molar-refractivity contribution in [1.29, 1.82) is 0 Å². The molecule has 3 aliphatic heterocycles. The van der Waals surface area contributed by atoms with Crippen molar-refractivity contribution in [3.63, 3.8) is 0 Å². The van der Waals surface area contributed by atoms with Crippen molar-refractivity contribution in [1.82, 2.24) is 10.2 Å². The summed E-state index contributed by atoms with van der Waals surface area (Å²) < 4.78 is 5.15. The summed E-state index contributed by atoms with van der Waals surface area (Å²) >= 11 is 0. The number of rotatable bonds is 1. The number of piperidine rings is 1. The van der Waals surface area contributed by atoms with E-state index < -0.39 is 17.7 Å². The first-order chi connectivity index (χ1) is 14.4. The third-order valence-corrected chi connectivity index (χ3v) is 6.66. The summed E-state index contributed by atoms with van der Waals surface area (Å²) in [5.74, 6) is -0.142. The number of carbonyl (C=O) groups excluding carboxylic acids is 2. The topological polar surface area (TPSA) is 90.9 Å². The summed E-state index contributed by atoms with van der Waals surface area (Å²) in [6, 6.07) is 13.6. The number of hydrogen-bond donors (Lipinski definition) is 3. The van der Waals surface area contributed by atoms with E-state index in [-0.39, 0.29) is 18.6 Å². The number of aliphatic hydroxyl groups is 1. The number of ether oxygens (including phenoxy) is 1. The van der Waals surface area contributed by atoms with Gasteiger partial charge in [-0.25, -0.2) is 4.79 Å². The van der Waals surface area contributed by atoms with Crippen LogP contribution in [-0.2, 0) is 17.7 Å². The largest absolute Gasteiger partial charge is 0.441 e. The zero-order chi connectivity index (χ0) is 20.9. The molecule has 7 heteroatoms. The predicted octanol–water partition coefficient (Wildman–Crippen LogP) is 2.60. The molecule has 2 aromatic rings. The Bertz CT molecular complexity index is 1020. The van der Waals surface area contributed by atoms with Gasteiger partial charge in [-0.3, -0.25) is 10.1 Å². The van der Waals surface area contributed by atoms with E-state index in [1.165, 1.54) is 11.1 Å². The van der Waals surface area contributed by atoms with Crippen molar-refractivity contribution in [2.24, 2.45) is 0 Å². The molecule has 3 N–H and O–H groups in total. The van der Waals surface area contributed by atoms with Crippen LogP contribution in [0.1, 0.15) is 46.5 Å². The highest BCUT2D eigenvalue weighted by molar-refractivity contribution is 5.97. The van der Waals surface area contributed by atoms with Gasteiger partial charge in [0.2, 0.25) is 0 Å². The zero-order valence-electron chi connectivity index (χ0n) is 16.9. The van der Waals surface area contributed by atoms with Gasteiger partial charge >= 0.3 is 6.09 Å². The van der Waals surface area contributed by atoms with E-state index in [0.717, 1.165) is 18.5 Å². The van der Waals surface area contributed by atoms with Crippen LogP contribution >= 0.6 is 0 Å². The van der Waals surface area contributed by atoms with Gasteiger partial charge in [-0.1, -0.05) is 30.3 Å². The minimum atomic E-state index is -0.658. The third kappa shape index (κ3) is 3.14.